The molecule has 1 atom stereocenters. The Morgan fingerprint density at radius 2 is 1.88 bits per heavy atom. The van der Waals surface area contributed by atoms with E-state index in [4.69, 9.17) is 0 Å². The maximum absolute atomic E-state index is 12.7. The predicted octanol–water partition coefficient (Wildman–Crippen LogP) is 1.74. The second-order valence-electron chi connectivity index (χ2n) is 6.70. The van der Waals surface area contributed by atoms with E-state index in [1.807, 2.05) is 19.1 Å². The molecule has 2 heterocycles. The third-order valence-electron chi connectivity index (χ3n) is 4.66. The molecule has 3 rings (SSSR count). The largest absolute Gasteiger partial charge is 0.387 e. The van der Waals surface area contributed by atoms with E-state index in [-0.39, 0.29) is 0 Å². The van der Waals surface area contributed by atoms with Gasteiger partial charge in [0, 0.05) is 19.6 Å². The third kappa shape index (κ3) is 4.08. The molecule has 0 bridgehead atoms. The van der Waals surface area contributed by atoms with Crippen LogP contribution in [0.25, 0.3) is 0 Å². The lowest BCUT2D eigenvalue weighted by Gasteiger charge is -2.31. The van der Waals surface area contributed by atoms with Gasteiger partial charge >= 0.3 is 0 Å². The summed E-state index contributed by atoms with van der Waals surface area (Å²) in [5.74, 6) is 0.355. The zero-order valence-electron chi connectivity index (χ0n) is 14.5. The Bertz CT molecular complexity index is 807. The first-order valence-corrected chi connectivity index (χ1v) is 9.95. The second kappa shape index (κ2) is 7.23. The van der Waals surface area contributed by atoms with Crippen LogP contribution in [-0.4, -0.2) is 45.9 Å². The first kappa shape index (κ1) is 18.0. The lowest BCUT2D eigenvalue weighted by atomic mass is 9.98. The molecule has 1 saturated heterocycles. The molecule has 0 radical (unpaired) electrons. The molecular formula is C17H24N4O3S. The highest BCUT2D eigenvalue weighted by Gasteiger charge is 2.29. The molecule has 0 spiro atoms. The molecule has 1 fully saturated rings. The van der Waals surface area contributed by atoms with E-state index >= 15 is 0 Å². The molecule has 0 unspecified atom stereocenters. The summed E-state index contributed by atoms with van der Waals surface area (Å²) in [6, 6.07) is 6.99. The molecule has 7 nitrogen and oxygen atoms in total. The van der Waals surface area contributed by atoms with Gasteiger partial charge < -0.3 is 5.11 Å². The maximum atomic E-state index is 12.7. The van der Waals surface area contributed by atoms with Crippen LogP contribution in [-0.2, 0) is 16.6 Å². The Kier molecular flexibility index (Phi) is 5.21. The minimum absolute atomic E-state index is 0.355. The Morgan fingerprint density at radius 3 is 2.44 bits per heavy atom. The first-order valence-electron chi connectivity index (χ1n) is 8.51. The van der Waals surface area contributed by atoms with Gasteiger partial charge in [-0.1, -0.05) is 22.9 Å². The van der Waals surface area contributed by atoms with Crippen LogP contribution < -0.4 is 0 Å². The molecular weight excluding hydrogens is 340 g/mol. The van der Waals surface area contributed by atoms with E-state index in [1.54, 1.807) is 34.2 Å². The van der Waals surface area contributed by atoms with Gasteiger partial charge in [-0.2, -0.15) is 4.31 Å². The fraction of sp³-hybridized carbons (Fsp3) is 0.529. The monoisotopic (exact) mass is 364 g/mol. The van der Waals surface area contributed by atoms with E-state index in [0.29, 0.717) is 36.1 Å². The molecule has 136 valence electrons. The molecule has 8 heteroatoms. The van der Waals surface area contributed by atoms with E-state index in [9.17, 15) is 13.5 Å². The number of piperidine rings is 1. The van der Waals surface area contributed by atoms with Gasteiger partial charge in [0.15, 0.2) is 0 Å². The van der Waals surface area contributed by atoms with Crippen molar-refractivity contribution >= 4 is 10.0 Å². The summed E-state index contributed by atoms with van der Waals surface area (Å²) in [5.41, 5.74) is 1.60. The number of aromatic nitrogens is 3. The summed E-state index contributed by atoms with van der Waals surface area (Å²) < 4.78 is 28.7. The molecule has 1 aliphatic heterocycles. The molecule has 25 heavy (non-hydrogen) atoms. The zero-order chi connectivity index (χ0) is 18.0. The SMILES string of the molecule is Cc1ccc(S(=O)(=O)N2CCC(Cn3cc([C@@H](C)O)nn3)CC2)cc1. The van der Waals surface area contributed by atoms with E-state index in [2.05, 4.69) is 10.3 Å². The van der Waals surface area contributed by atoms with Crippen LogP contribution >= 0.6 is 0 Å². The van der Waals surface area contributed by atoms with Crippen LogP contribution in [0.1, 0.15) is 37.1 Å². The van der Waals surface area contributed by atoms with Gasteiger partial charge in [0.25, 0.3) is 0 Å². The van der Waals surface area contributed by atoms with Crippen LogP contribution in [0.4, 0.5) is 0 Å². The highest BCUT2D eigenvalue weighted by Crippen LogP contribution is 2.25. The smallest absolute Gasteiger partial charge is 0.243 e. The number of aliphatic hydroxyl groups excluding tert-OH is 1. The van der Waals surface area contributed by atoms with Gasteiger partial charge in [0.2, 0.25) is 10.0 Å². The molecule has 0 aliphatic carbocycles. The second-order valence-corrected chi connectivity index (χ2v) is 8.64. The van der Waals surface area contributed by atoms with Crippen molar-refractivity contribution in [3.05, 3.63) is 41.7 Å². The van der Waals surface area contributed by atoms with Gasteiger partial charge in [0.05, 0.1) is 17.2 Å². The third-order valence-corrected chi connectivity index (χ3v) is 6.57. The summed E-state index contributed by atoms with van der Waals surface area (Å²) in [7, 11) is -3.42. The number of sulfonamides is 1. The molecule has 1 N–H and O–H groups in total. The number of aryl methyl sites for hydroxylation is 1. The van der Waals surface area contributed by atoms with Crippen LogP contribution in [0.5, 0.6) is 0 Å². The normalized spacial score (nSPS) is 18.4. The minimum Gasteiger partial charge on any atom is -0.387 e. The Balaban J connectivity index is 1.60. The Hall–Kier alpha value is -1.77. The highest BCUT2D eigenvalue weighted by molar-refractivity contribution is 7.89. The lowest BCUT2D eigenvalue weighted by Crippen LogP contribution is -2.39. The molecule has 0 saturated carbocycles. The predicted molar refractivity (Wildman–Crippen MR) is 93.3 cm³/mol. The quantitative estimate of drug-likeness (QED) is 0.873. The number of hydrogen-bond acceptors (Lipinski definition) is 5. The van der Waals surface area contributed by atoms with Gasteiger partial charge in [0.1, 0.15) is 5.69 Å². The van der Waals surface area contributed by atoms with Crippen molar-refractivity contribution in [1.82, 2.24) is 19.3 Å². The number of aliphatic hydroxyl groups is 1. The van der Waals surface area contributed by atoms with Gasteiger partial charge in [-0.15, -0.1) is 5.10 Å². The summed E-state index contributed by atoms with van der Waals surface area (Å²) in [6.45, 7) is 5.31. The van der Waals surface area contributed by atoms with Gasteiger partial charge in [-0.05, 0) is 44.7 Å². The summed E-state index contributed by atoms with van der Waals surface area (Å²) >= 11 is 0. The van der Waals surface area contributed by atoms with E-state index in [1.165, 1.54) is 0 Å². The number of rotatable bonds is 5. The minimum atomic E-state index is -3.42. The van der Waals surface area contributed by atoms with Crippen molar-refractivity contribution in [3.8, 4) is 0 Å². The van der Waals surface area contributed by atoms with Gasteiger partial charge in [-0.25, -0.2) is 8.42 Å². The fourth-order valence-electron chi connectivity index (χ4n) is 3.05. The summed E-state index contributed by atoms with van der Waals surface area (Å²) in [4.78, 5) is 0.356. The number of benzene rings is 1. The number of nitrogens with zero attached hydrogens (tertiary/aromatic N) is 4. The Labute approximate surface area is 148 Å². The summed E-state index contributed by atoms with van der Waals surface area (Å²) in [6.07, 6.45) is 2.69. The summed E-state index contributed by atoms with van der Waals surface area (Å²) in [5, 5.41) is 17.5. The van der Waals surface area contributed by atoms with Crippen molar-refractivity contribution in [3.63, 3.8) is 0 Å². The average molecular weight is 364 g/mol. The van der Waals surface area contributed by atoms with Crippen LogP contribution in [0, 0.1) is 12.8 Å². The molecule has 1 aromatic heterocycles. The maximum Gasteiger partial charge on any atom is 0.243 e. The average Bonchev–Trinajstić information content (AvgIpc) is 3.04. The lowest BCUT2D eigenvalue weighted by molar-refractivity contribution is 0.194. The van der Waals surface area contributed by atoms with Crippen LogP contribution in [0.2, 0.25) is 0 Å². The van der Waals surface area contributed by atoms with Gasteiger partial charge in [-0.3, -0.25) is 4.68 Å². The van der Waals surface area contributed by atoms with Crippen molar-refractivity contribution in [1.29, 1.82) is 0 Å². The van der Waals surface area contributed by atoms with Crippen molar-refractivity contribution < 1.29 is 13.5 Å². The number of hydrogen-bond donors (Lipinski definition) is 1. The molecule has 1 aliphatic rings. The molecule has 1 aromatic carbocycles. The topological polar surface area (TPSA) is 88.3 Å². The van der Waals surface area contributed by atoms with E-state index in [0.717, 1.165) is 18.4 Å². The molecule has 2 aromatic rings. The molecule has 0 amide bonds. The fourth-order valence-corrected chi connectivity index (χ4v) is 4.52. The zero-order valence-corrected chi connectivity index (χ0v) is 15.4. The Morgan fingerprint density at radius 1 is 1.24 bits per heavy atom. The highest BCUT2D eigenvalue weighted by atomic mass is 32.2. The van der Waals surface area contributed by atoms with Crippen molar-refractivity contribution in [2.75, 3.05) is 13.1 Å². The van der Waals surface area contributed by atoms with E-state index < -0.39 is 16.1 Å². The van der Waals surface area contributed by atoms with Crippen LogP contribution in [0.15, 0.2) is 35.4 Å². The first-order chi connectivity index (χ1) is 11.9. The standard InChI is InChI=1S/C17H24N4O3S/c1-13-3-5-16(6-4-13)25(23,24)21-9-7-15(8-10-21)11-20-12-17(14(2)22)18-19-20/h3-6,12,14-15,22H,7-11H2,1-2H3/t14-/m1/s1. The van der Waals surface area contributed by atoms with Crippen molar-refractivity contribution in [2.24, 2.45) is 5.92 Å². The van der Waals surface area contributed by atoms with Crippen LogP contribution in [0.3, 0.4) is 0 Å². The van der Waals surface area contributed by atoms with Crippen molar-refractivity contribution in [2.45, 2.75) is 44.2 Å².